The van der Waals surface area contributed by atoms with E-state index in [-0.39, 0.29) is 11.3 Å². The van der Waals surface area contributed by atoms with Crippen molar-refractivity contribution in [3.05, 3.63) is 35.4 Å². The largest absolute Gasteiger partial charge is 0.356 e. The molecule has 0 aliphatic rings. The average Bonchev–Trinajstić information content (AvgIpc) is 3.08. The molecule has 0 aliphatic heterocycles. The van der Waals surface area contributed by atoms with Gasteiger partial charge in [-0.05, 0) is 13.1 Å². The van der Waals surface area contributed by atoms with Crippen LogP contribution in [0.2, 0.25) is 0 Å². The van der Waals surface area contributed by atoms with E-state index in [0.29, 0.717) is 22.1 Å². The molecule has 25 heavy (non-hydrogen) atoms. The number of halogens is 2. The number of likely N-dealkylation sites (N-methyl/N-ethyl adjacent to an activating group) is 2. The summed E-state index contributed by atoms with van der Waals surface area (Å²) >= 11 is 1.22. The lowest BCUT2D eigenvalue weighted by Crippen LogP contribution is -2.28. The monoisotopic (exact) mass is 365 g/mol. The van der Waals surface area contributed by atoms with Crippen molar-refractivity contribution in [3.8, 4) is 0 Å². The number of thioether (sulfide) groups is 1. The number of fused-ring (bicyclic) bond motifs is 1. The average molecular weight is 365 g/mol. The first-order chi connectivity index (χ1) is 12.1. The molecule has 132 valence electrons. The van der Waals surface area contributed by atoms with Crippen molar-refractivity contribution in [1.29, 1.82) is 0 Å². The quantitative estimate of drug-likeness (QED) is 0.489. The Morgan fingerprint density at radius 1 is 1.24 bits per heavy atom. The summed E-state index contributed by atoms with van der Waals surface area (Å²) in [7, 11) is 3.77. The number of anilines is 1. The Kier molecular flexibility index (Phi) is 5.39. The van der Waals surface area contributed by atoms with Crippen LogP contribution in [0.1, 0.15) is 5.56 Å². The van der Waals surface area contributed by atoms with E-state index in [2.05, 4.69) is 30.7 Å². The maximum absolute atomic E-state index is 13.8. The van der Waals surface area contributed by atoms with Crippen LogP contribution in [0.5, 0.6) is 0 Å². The van der Waals surface area contributed by atoms with Crippen LogP contribution in [0, 0.1) is 11.6 Å². The fourth-order valence-electron chi connectivity index (χ4n) is 2.23. The van der Waals surface area contributed by atoms with Crippen LogP contribution in [0.4, 0.5) is 14.6 Å². The summed E-state index contributed by atoms with van der Waals surface area (Å²) in [5.74, 6) is -0.856. The van der Waals surface area contributed by atoms with Crippen LogP contribution in [0.3, 0.4) is 0 Å². The first kappa shape index (κ1) is 17.5. The number of rotatable bonds is 7. The van der Waals surface area contributed by atoms with Gasteiger partial charge in [-0.25, -0.2) is 13.8 Å². The lowest BCUT2D eigenvalue weighted by atomic mass is 10.2. The van der Waals surface area contributed by atoms with Crippen LogP contribution in [-0.4, -0.2) is 52.6 Å². The van der Waals surface area contributed by atoms with Crippen molar-refractivity contribution in [2.75, 3.05) is 32.1 Å². The lowest BCUT2D eigenvalue weighted by Gasteiger charge is -2.18. The molecule has 0 fully saturated rings. The molecule has 0 unspecified atom stereocenters. The molecule has 0 atom stereocenters. The van der Waals surface area contributed by atoms with E-state index in [9.17, 15) is 8.78 Å². The molecule has 0 spiro atoms. The van der Waals surface area contributed by atoms with Crippen molar-refractivity contribution in [1.82, 2.24) is 30.7 Å². The topological polar surface area (TPSA) is 82.6 Å². The molecule has 0 saturated carbocycles. The third kappa shape index (κ3) is 3.85. The first-order valence-electron chi connectivity index (χ1n) is 7.60. The van der Waals surface area contributed by atoms with Crippen molar-refractivity contribution in [2.24, 2.45) is 0 Å². The maximum atomic E-state index is 13.8. The smallest absolute Gasteiger partial charge is 0.207 e. The summed E-state index contributed by atoms with van der Waals surface area (Å²) in [6, 6.07) is 4.11. The van der Waals surface area contributed by atoms with Crippen LogP contribution in [0.15, 0.2) is 23.4 Å². The fourth-order valence-corrected chi connectivity index (χ4v) is 3.04. The molecule has 1 aromatic carbocycles. The van der Waals surface area contributed by atoms with Crippen molar-refractivity contribution < 1.29 is 8.78 Å². The van der Waals surface area contributed by atoms with Crippen LogP contribution in [0.25, 0.3) is 11.2 Å². The minimum absolute atomic E-state index is 0.215. The van der Waals surface area contributed by atoms with Gasteiger partial charge in [0.05, 0.1) is 0 Å². The lowest BCUT2D eigenvalue weighted by molar-refractivity contribution is 0.502. The van der Waals surface area contributed by atoms with Gasteiger partial charge in [-0.15, -0.1) is 5.10 Å². The van der Waals surface area contributed by atoms with Crippen LogP contribution < -0.4 is 10.2 Å². The summed E-state index contributed by atoms with van der Waals surface area (Å²) in [6.07, 6.45) is 0. The maximum Gasteiger partial charge on any atom is 0.207 e. The first-order valence-corrected chi connectivity index (χ1v) is 8.58. The summed E-state index contributed by atoms with van der Waals surface area (Å²) in [4.78, 5) is 10.8. The summed E-state index contributed by atoms with van der Waals surface area (Å²) in [5, 5.41) is 14.1. The molecule has 0 saturated heterocycles. The van der Waals surface area contributed by atoms with Gasteiger partial charge in [0, 0.05) is 31.5 Å². The molecular weight excluding hydrogens is 348 g/mol. The Labute approximate surface area is 147 Å². The van der Waals surface area contributed by atoms with Gasteiger partial charge in [-0.3, -0.25) is 0 Å². The second kappa shape index (κ2) is 7.70. The molecule has 3 rings (SSSR count). The number of aromatic nitrogens is 5. The number of hydrogen-bond acceptors (Lipinski definition) is 7. The highest BCUT2D eigenvalue weighted by Crippen LogP contribution is 2.27. The fraction of sp³-hybridized carbons (Fsp3) is 0.333. The molecular formula is C15H17F2N7S. The van der Waals surface area contributed by atoms with Gasteiger partial charge in [0.2, 0.25) is 5.65 Å². The summed E-state index contributed by atoms with van der Waals surface area (Å²) < 4.78 is 27.1. The van der Waals surface area contributed by atoms with E-state index in [1.807, 2.05) is 19.0 Å². The van der Waals surface area contributed by atoms with Gasteiger partial charge >= 0.3 is 0 Å². The summed E-state index contributed by atoms with van der Waals surface area (Å²) in [5.41, 5.74) is 1.27. The molecule has 0 amide bonds. The van der Waals surface area contributed by atoms with Gasteiger partial charge < -0.3 is 10.2 Å². The Hall–Kier alpha value is -2.33. The number of H-pyrrole nitrogens is 1. The summed E-state index contributed by atoms with van der Waals surface area (Å²) in [6.45, 7) is 1.49. The zero-order valence-electron chi connectivity index (χ0n) is 13.8. The standard InChI is InChI=1S/C15H17F2N7S/c1-18-6-7-24(2)14-12-13(22-23-21-12)19-15(20-14)25-8-9-4-3-5-10(16)11(9)17/h3-5,18H,6-8H2,1-2H3,(H,19,20,21,22,23). The minimum Gasteiger partial charge on any atom is -0.356 e. The van der Waals surface area contributed by atoms with E-state index in [1.54, 1.807) is 6.07 Å². The van der Waals surface area contributed by atoms with Crippen molar-refractivity contribution in [3.63, 3.8) is 0 Å². The van der Waals surface area contributed by atoms with Crippen LogP contribution in [-0.2, 0) is 5.75 Å². The van der Waals surface area contributed by atoms with Gasteiger partial charge in [-0.1, -0.05) is 23.9 Å². The third-order valence-corrected chi connectivity index (χ3v) is 4.49. The molecule has 3 aromatic rings. The number of nitrogens with one attached hydrogen (secondary N) is 2. The van der Waals surface area contributed by atoms with Gasteiger partial charge in [-0.2, -0.15) is 15.3 Å². The normalized spacial score (nSPS) is 11.2. The number of hydrogen-bond donors (Lipinski definition) is 2. The van der Waals surface area contributed by atoms with E-state index in [1.165, 1.54) is 17.8 Å². The molecule has 2 aromatic heterocycles. The third-order valence-electron chi connectivity index (χ3n) is 3.59. The van der Waals surface area contributed by atoms with Gasteiger partial charge in [0.1, 0.15) is 0 Å². The van der Waals surface area contributed by atoms with E-state index >= 15 is 0 Å². The molecule has 0 aliphatic carbocycles. The Bertz CT molecular complexity index is 870. The Balaban J connectivity index is 1.85. The second-order valence-corrected chi connectivity index (χ2v) is 6.29. The molecule has 2 N–H and O–H groups in total. The molecule has 2 heterocycles. The molecule has 10 heteroatoms. The van der Waals surface area contributed by atoms with Crippen LogP contribution >= 0.6 is 11.8 Å². The van der Waals surface area contributed by atoms with Crippen molar-refractivity contribution in [2.45, 2.75) is 10.9 Å². The van der Waals surface area contributed by atoms with E-state index < -0.39 is 11.6 Å². The highest BCUT2D eigenvalue weighted by atomic mass is 32.2. The Morgan fingerprint density at radius 3 is 2.88 bits per heavy atom. The predicted octanol–water partition coefficient (Wildman–Crippen LogP) is 1.97. The SMILES string of the molecule is CNCCN(C)c1nc(SCc2cccc(F)c2F)nc2n[nH]nc12. The molecule has 0 bridgehead atoms. The second-order valence-electron chi connectivity index (χ2n) is 5.35. The highest BCUT2D eigenvalue weighted by Gasteiger charge is 2.16. The highest BCUT2D eigenvalue weighted by molar-refractivity contribution is 7.98. The zero-order valence-corrected chi connectivity index (χ0v) is 14.6. The number of aromatic amines is 1. The number of benzene rings is 1. The van der Waals surface area contributed by atoms with Gasteiger partial charge in [0.15, 0.2) is 28.1 Å². The Morgan fingerprint density at radius 2 is 2.08 bits per heavy atom. The van der Waals surface area contributed by atoms with E-state index in [0.717, 1.165) is 19.2 Å². The predicted molar refractivity (Wildman–Crippen MR) is 92.6 cm³/mol. The number of nitrogens with zero attached hydrogens (tertiary/aromatic N) is 5. The minimum atomic E-state index is -0.863. The van der Waals surface area contributed by atoms with Gasteiger partial charge in [0.25, 0.3) is 0 Å². The molecule has 0 radical (unpaired) electrons. The molecule has 7 nitrogen and oxygen atoms in total. The van der Waals surface area contributed by atoms with E-state index in [4.69, 9.17) is 0 Å². The van der Waals surface area contributed by atoms with Crippen molar-refractivity contribution >= 4 is 28.7 Å². The zero-order chi connectivity index (χ0) is 17.8.